The van der Waals surface area contributed by atoms with E-state index in [1.165, 1.54) is 0 Å². The molecule has 6 nitrogen and oxygen atoms in total. The second-order valence-corrected chi connectivity index (χ2v) is 6.87. The van der Waals surface area contributed by atoms with Crippen molar-refractivity contribution in [1.29, 1.82) is 0 Å². The van der Waals surface area contributed by atoms with E-state index in [-0.39, 0.29) is 24.8 Å². The van der Waals surface area contributed by atoms with Crippen LogP contribution >= 0.6 is 0 Å². The fraction of sp³-hybridized carbons (Fsp3) is 0.562. The minimum Gasteiger partial charge on any atom is -0.491 e. The van der Waals surface area contributed by atoms with Gasteiger partial charge in [0.25, 0.3) is 0 Å². The third-order valence-corrected chi connectivity index (χ3v) is 3.94. The number of benzene rings is 1. The smallest absolute Gasteiger partial charge is 0.491 e. The van der Waals surface area contributed by atoms with E-state index < -0.39 is 12.5 Å². The molecule has 0 saturated carbocycles. The highest BCUT2D eigenvalue weighted by Gasteiger charge is 2.43. The predicted octanol–water partition coefficient (Wildman–Crippen LogP) is 0.779. The molecule has 2 aliphatic rings. The van der Waals surface area contributed by atoms with Crippen molar-refractivity contribution < 1.29 is 23.6 Å². The fourth-order valence-corrected chi connectivity index (χ4v) is 2.66. The summed E-state index contributed by atoms with van der Waals surface area (Å²) in [6.07, 6.45) is -0.586. The number of nitrogens with two attached hydrogens (primary N) is 1. The van der Waals surface area contributed by atoms with Crippen LogP contribution in [0.3, 0.4) is 0 Å². The average molecular weight is 319 g/mol. The van der Waals surface area contributed by atoms with Gasteiger partial charge in [-0.1, -0.05) is 12.1 Å². The summed E-state index contributed by atoms with van der Waals surface area (Å²) in [5.41, 5.74) is 7.12. The number of hydrogen-bond acceptors (Lipinski definition) is 6. The third-order valence-electron chi connectivity index (χ3n) is 3.94. The molecule has 0 spiro atoms. The molecule has 0 amide bonds. The van der Waals surface area contributed by atoms with Crippen LogP contribution in [0.2, 0.25) is 0 Å². The summed E-state index contributed by atoms with van der Waals surface area (Å²) in [5, 5.41) is 0. The number of ether oxygens (including phenoxy) is 2. The van der Waals surface area contributed by atoms with Gasteiger partial charge in [-0.05, 0) is 32.4 Å². The highest BCUT2D eigenvalue weighted by molar-refractivity contribution is 6.64. The fourth-order valence-electron chi connectivity index (χ4n) is 2.66. The Labute approximate surface area is 136 Å². The molecule has 0 aliphatic carbocycles. The molecule has 0 bridgehead atoms. The zero-order chi connectivity index (χ0) is 16.6. The molecular formula is C16H22BNO5. The van der Waals surface area contributed by atoms with E-state index >= 15 is 0 Å². The first-order valence-corrected chi connectivity index (χ1v) is 7.84. The quantitative estimate of drug-likeness (QED) is 0.655. The van der Waals surface area contributed by atoms with Crippen molar-refractivity contribution in [3.8, 4) is 5.75 Å². The van der Waals surface area contributed by atoms with E-state index in [9.17, 15) is 4.79 Å². The van der Waals surface area contributed by atoms with Crippen LogP contribution in [0.15, 0.2) is 18.2 Å². The van der Waals surface area contributed by atoms with Gasteiger partial charge >= 0.3 is 13.1 Å². The van der Waals surface area contributed by atoms with Crippen LogP contribution in [0.5, 0.6) is 5.75 Å². The van der Waals surface area contributed by atoms with Crippen LogP contribution in [-0.2, 0) is 18.8 Å². The maximum atomic E-state index is 11.9. The summed E-state index contributed by atoms with van der Waals surface area (Å²) in [5.74, 6) is 0.476. The number of esters is 1. The zero-order valence-electron chi connectivity index (χ0n) is 13.7. The number of rotatable bonds is 3. The van der Waals surface area contributed by atoms with Gasteiger partial charge in [-0.25, -0.2) is 0 Å². The van der Waals surface area contributed by atoms with Crippen LogP contribution in [0, 0.1) is 5.41 Å². The van der Waals surface area contributed by atoms with Gasteiger partial charge < -0.3 is 24.5 Å². The van der Waals surface area contributed by atoms with Crippen LogP contribution in [0.1, 0.15) is 32.4 Å². The van der Waals surface area contributed by atoms with Crippen molar-refractivity contribution in [2.45, 2.75) is 33.0 Å². The monoisotopic (exact) mass is 319 g/mol. The summed E-state index contributed by atoms with van der Waals surface area (Å²) in [7, 11) is -0.532. The summed E-state index contributed by atoms with van der Waals surface area (Å²) < 4.78 is 23.0. The zero-order valence-corrected chi connectivity index (χ0v) is 13.7. The molecule has 0 saturated heterocycles. The normalized spacial score (nSPS) is 23.0. The molecule has 7 heteroatoms. The molecule has 0 radical (unpaired) electrons. The predicted molar refractivity (Wildman–Crippen MR) is 85.5 cm³/mol. The molecule has 2 heterocycles. The van der Waals surface area contributed by atoms with Gasteiger partial charge in [0.15, 0.2) is 0 Å². The Hall–Kier alpha value is -1.57. The van der Waals surface area contributed by atoms with Gasteiger partial charge in [-0.3, -0.25) is 4.79 Å². The van der Waals surface area contributed by atoms with Crippen LogP contribution in [-0.4, -0.2) is 39.0 Å². The Morgan fingerprint density at radius 2 is 2.17 bits per heavy atom. The molecule has 2 N–H and O–H groups in total. The summed E-state index contributed by atoms with van der Waals surface area (Å²) in [6, 6.07) is 5.78. The van der Waals surface area contributed by atoms with Crippen LogP contribution in [0.25, 0.3) is 0 Å². The van der Waals surface area contributed by atoms with Gasteiger partial charge in [-0.15, -0.1) is 0 Å². The van der Waals surface area contributed by atoms with Crippen molar-refractivity contribution >= 4 is 18.6 Å². The second kappa shape index (κ2) is 6.15. The Morgan fingerprint density at radius 1 is 1.39 bits per heavy atom. The summed E-state index contributed by atoms with van der Waals surface area (Å²) in [4.78, 5) is 11.9. The first-order valence-electron chi connectivity index (χ1n) is 7.84. The second-order valence-electron chi connectivity index (χ2n) is 6.87. The lowest BCUT2D eigenvalue weighted by atomic mass is 9.77. The lowest BCUT2D eigenvalue weighted by molar-refractivity contribution is -0.156. The molecule has 0 fully saturated rings. The summed E-state index contributed by atoms with van der Waals surface area (Å²) in [6.45, 7) is 6.25. The van der Waals surface area contributed by atoms with Crippen molar-refractivity contribution in [1.82, 2.24) is 0 Å². The van der Waals surface area contributed by atoms with Crippen molar-refractivity contribution in [2.75, 3.05) is 19.8 Å². The van der Waals surface area contributed by atoms with E-state index in [0.29, 0.717) is 13.2 Å². The first-order chi connectivity index (χ1) is 10.9. The molecule has 1 aromatic rings. The van der Waals surface area contributed by atoms with Crippen LogP contribution < -0.4 is 15.9 Å². The SMILES string of the molecule is CC(C)(C)C(=O)OC[C@@H]1COc2cccc3c2B(O1)O[C@@H]3CN. The first kappa shape index (κ1) is 16.3. The van der Waals surface area contributed by atoms with Crippen molar-refractivity contribution in [3.05, 3.63) is 23.8 Å². The van der Waals surface area contributed by atoms with Gasteiger partial charge in [-0.2, -0.15) is 0 Å². The molecule has 3 rings (SSSR count). The minimum absolute atomic E-state index is 0.132. The number of hydrogen-bond donors (Lipinski definition) is 1. The van der Waals surface area contributed by atoms with E-state index in [0.717, 1.165) is 16.8 Å². The standard InChI is InChI=1S/C16H22BNO5/c1-16(2,3)15(19)21-9-10-8-20-12-6-4-5-11-13(7-18)23-17(22-10)14(11)12/h4-6,10,13H,7-9,18H2,1-3H3/t10-,13+/m0/s1. The lowest BCUT2D eigenvalue weighted by Crippen LogP contribution is -2.38. The van der Waals surface area contributed by atoms with Crippen molar-refractivity contribution in [2.24, 2.45) is 11.1 Å². The molecular weight excluding hydrogens is 297 g/mol. The maximum absolute atomic E-state index is 11.9. The molecule has 2 aliphatic heterocycles. The van der Waals surface area contributed by atoms with Crippen molar-refractivity contribution in [3.63, 3.8) is 0 Å². The largest absolute Gasteiger partial charge is 0.499 e. The highest BCUT2D eigenvalue weighted by Crippen LogP contribution is 2.30. The maximum Gasteiger partial charge on any atom is 0.499 e. The Kier molecular flexibility index (Phi) is 4.36. The molecule has 1 aromatic carbocycles. The molecule has 124 valence electrons. The number of carbonyl (C=O) groups is 1. The third kappa shape index (κ3) is 3.22. The van der Waals surface area contributed by atoms with Gasteiger partial charge in [0, 0.05) is 12.0 Å². The molecule has 2 atom stereocenters. The van der Waals surface area contributed by atoms with E-state index in [1.54, 1.807) is 0 Å². The summed E-state index contributed by atoms with van der Waals surface area (Å²) >= 11 is 0. The highest BCUT2D eigenvalue weighted by atomic mass is 16.6. The molecule has 0 unspecified atom stereocenters. The topological polar surface area (TPSA) is 80.0 Å². The van der Waals surface area contributed by atoms with Gasteiger partial charge in [0.1, 0.15) is 25.1 Å². The lowest BCUT2D eigenvalue weighted by Gasteiger charge is -2.21. The average Bonchev–Trinajstić information content (AvgIpc) is 2.76. The Balaban J connectivity index is 1.71. The minimum atomic E-state index is -0.545. The van der Waals surface area contributed by atoms with E-state index in [4.69, 9.17) is 24.5 Å². The molecule has 0 aromatic heterocycles. The van der Waals surface area contributed by atoms with E-state index in [2.05, 4.69) is 0 Å². The number of carbonyl (C=O) groups excluding carboxylic acids is 1. The van der Waals surface area contributed by atoms with E-state index in [1.807, 2.05) is 39.0 Å². The Morgan fingerprint density at radius 3 is 2.87 bits per heavy atom. The van der Waals surface area contributed by atoms with Gasteiger partial charge in [0.05, 0.1) is 11.5 Å². The molecule has 23 heavy (non-hydrogen) atoms. The Bertz CT molecular complexity index is 601. The van der Waals surface area contributed by atoms with Gasteiger partial charge in [0.2, 0.25) is 0 Å². The van der Waals surface area contributed by atoms with Crippen LogP contribution in [0.4, 0.5) is 0 Å².